The maximum Gasteiger partial charge on any atom is 0.223 e. The highest BCUT2D eigenvalue weighted by Crippen LogP contribution is 2.19. The van der Waals surface area contributed by atoms with Crippen LogP contribution in [-0.4, -0.2) is 21.5 Å². The van der Waals surface area contributed by atoms with E-state index in [1.807, 2.05) is 44.3 Å². The van der Waals surface area contributed by atoms with Crippen LogP contribution in [0, 0.1) is 6.92 Å². The molecule has 2 heterocycles. The first kappa shape index (κ1) is 13.5. The van der Waals surface area contributed by atoms with Crippen molar-refractivity contribution < 1.29 is 0 Å². The summed E-state index contributed by atoms with van der Waals surface area (Å²) in [4.78, 5) is 13.4. The van der Waals surface area contributed by atoms with Crippen molar-refractivity contribution in [1.29, 1.82) is 0 Å². The molecule has 1 aromatic carbocycles. The van der Waals surface area contributed by atoms with E-state index in [0.717, 1.165) is 29.9 Å². The monoisotopic (exact) mass is 278 g/mol. The van der Waals surface area contributed by atoms with E-state index in [1.165, 1.54) is 10.9 Å². The van der Waals surface area contributed by atoms with Crippen LogP contribution in [0.5, 0.6) is 0 Å². The van der Waals surface area contributed by atoms with Crippen molar-refractivity contribution in [1.82, 2.24) is 15.0 Å². The molecule has 0 aliphatic heterocycles. The van der Waals surface area contributed by atoms with Gasteiger partial charge in [-0.15, -0.1) is 0 Å². The third-order valence-electron chi connectivity index (χ3n) is 3.35. The highest BCUT2D eigenvalue weighted by atomic mass is 15.1. The van der Waals surface area contributed by atoms with Crippen molar-refractivity contribution in [3.05, 3.63) is 59.5 Å². The van der Waals surface area contributed by atoms with Gasteiger partial charge in [0.05, 0.1) is 11.2 Å². The van der Waals surface area contributed by atoms with Crippen LogP contribution in [0.4, 0.5) is 5.95 Å². The molecule has 0 saturated heterocycles. The number of nitrogens with one attached hydrogen (secondary N) is 1. The smallest absolute Gasteiger partial charge is 0.223 e. The van der Waals surface area contributed by atoms with Crippen LogP contribution in [0.15, 0.2) is 42.6 Å². The largest absolute Gasteiger partial charge is 0.354 e. The zero-order chi connectivity index (χ0) is 14.7. The van der Waals surface area contributed by atoms with Crippen LogP contribution < -0.4 is 5.32 Å². The molecule has 0 aliphatic rings. The van der Waals surface area contributed by atoms with Gasteiger partial charge in [-0.05, 0) is 37.6 Å². The van der Waals surface area contributed by atoms with Gasteiger partial charge < -0.3 is 5.32 Å². The van der Waals surface area contributed by atoms with E-state index < -0.39 is 0 Å². The first-order valence-electron chi connectivity index (χ1n) is 7.17. The lowest BCUT2D eigenvalue weighted by molar-refractivity contribution is 0.984. The van der Waals surface area contributed by atoms with Gasteiger partial charge in [0, 0.05) is 30.2 Å². The summed E-state index contributed by atoms with van der Waals surface area (Å²) < 4.78 is 0. The van der Waals surface area contributed by atoms with E-state index in [4.69, 9.17) is 0 Å². The minimum absolute atomic E-state index is 0.700. The molecule has 4 heteroatoms. The lowest BCUT2D eigenvalue weighted by atomic mass is 10.0. The molecule has 0 amide bonds. The molecule has 0 bridgehead atoms. The van der Waals surface area contributed by atoms with Gasteiger partial charge in [0.2, 0.25) is 5.95 Å². The van der Waals surface area contributed by atoms with Crippen molar-refractivity contribution in [3.63, 3.8) is 0 Å². The van der Waals surface area contributed by atoms with Crippen LogP contribution >= 0.6 is 0 Å². The molecule has 0 fully saturated rings. The fourth-order valence-electron chi connectivity index (χ4n) is 2.47. The Kier molecular flexibility index (Phi) is 3.77. The molecule has 0 saturated carbocycles. The quantitative estimate of drug-likeness (QED) is 0.795. The first-order valence-corrected chi connectivity index (χ1v) is 7.17. The van der Waals surface area contributed by atoms with E-state index in [2.05, 4.69) is 32.4 Å². The summed E-state index contributed by atoms with van der Waals surface area (Å²) in [5.41, 5.74) is 4.26. The predicted molar refractivity (Wildman–Crippen MR) is 85.5 cm³/mol. The summed E-state index contributed by atoms with van der Waals surface area (Å²) >= 11 is 0. The lowest BCUT2D eigenvalue weighted by Gasteiger charge is -2.08. The van der Waals surface area contributed by atoms with Gasteiger partial charge >= 0.3 is 0 Å². The van der Waals surface area contributed by atoms with Gasteiger partial charge in [-0.1, -0.05) is 18.2 Å². The molecule has 106 valence electrons. The number of anilines is 1. The number of aryl methyl sites for hydroxylation is 1. The average molecular weight is 278 g/mol. The Morgan fingerprint density at radius 1 is 1.10 bits per heavy atom. The van der Waals surface area contributed by atoms with E-state index >= 15 is 0 Å². The molecule has 3 rings (SSSR count). The Hall–Kier alpha value is -2.49. The second kappa shape index (κ2) is 5.87. The van der Waals surface area contributed by atoms with Crippen molar-refractivity contribution in [2.45, 2.75) is 20.3 Å². The Balaban J connectivity index is 1.98. The molecule has 0 radical (unpaired) electrons. The van der Waals surface area contributed by atoms with Crippen molar-refractivity contribution >= 4 is 16.9 Å². The summed E-state index contributed by atoms with van der Waals surface area (Å²) in [5.74, 6) is 0.700. The topological polar surface area (TPSA) is 50.7 Å². The fourth-order valence-corrected chi connectivity index (χ4v) is 2.47. The molecule has 1 N–H and O–H groups in total. The third kappa shape index (κ3) is 2.99. The number of nitrogens with zero attached hydrogens (tertiary/aromatic N) is 3. The number of benzene rings is 1. The molecule has 2 aromatic heterocycles. The van der Waals surface area contributed by atoms with Gasteiger partial charge in [-0.25, -0.2) is 9.97 Å². The molecule has 4 nitrogen and oxygen atoms in total. The lowest BCUT2D eigenvalue weighted by Crippen LogP contribution is -2.06. The zero-order valence-electron chi connectivity index (χ0n) is 12.3. The van der Waals surface area contributed by atoms with Crippen LogP contribution in [0.1, 0.15) is 23.9 Å². The Bertz CT molecular complexity index is 762. The number of aromatic nitrogens is 3. The summed E-state index contributed by atoms with van der Waals surface area (Å²) in [5, 5.41) is 4.36. The standard InChI is InChI=1S/C17H18N4/c1-3-18-17-20-12(2)10-14(21-17)11-13-8-9-19-16-7-5-4-6-15(13)16/h4-10H,3,11H2,1-2H3,(H,18,20,21). The summed E-state index contributed by atoms with van der Waals surface area (Å²) in [7, 11) is 0. The van der Waals surface area contributed by atoms with E-state index in [-0.39, 0.29) is 0 Å². The molecular weight excluding hydrogens is 260 g/mol. The first-order chi connectivity index (χ1) is 10.3. The molecule has 0 atom stereocenters. The highest BCUT2D eigenvalue weighted by Gasteiger charge is 2.06. The molecule has 21 heavy (non-hydrogen) atoms. The van der Waals surface area contributed by atoms with Crippen molar-refractivity contribution in [2.24, 2.45) is 0 Å². The molecule has 0 aliphatic carbocycles. The van der Waals surface area contributed by atoms with Gasteiger partial charge in [0.1, 0.15) is 0 Å². The summed E-state index contributed by atoms with van der Waals surface area (Å²) in [6.07, 6.45) is 2.64. The van der Waals surface area contributed by atoms with E-state index in [1.54, 1.807) is 0 Å². The number of hydrogen-bond donors (Lipinski definition) is 1. The predicted octanol–water partition coefficient (Wildman–Crippen LogP) is 3.36. The van der Waals surface area contributed by atoms with Gasteiger partial charge in [0.25, 0.3) is 0 Å². The maximum absolute atomic E-state index is 4.58. The van der Waals surface area contributed by atoms with Gasteiger partial charge in [-0.2, -0.15) is 0 Å². The number of rotatable bonds is 4. The average Bonchev–Trinajstić information content (AvgIpc) is 2.47. The van der Waals surface area contributed by atoms with E-state index in [9.17, 15) is 0 Å². The van der Waals surface area contributed by atoms with Gasteiger partial charge in [-0.3, -0.25) is 4.98 Å². The van der Waals surface area contributed by atoms with Crippen molar-refractivity contribution in [3.8, 4) is 0 Å². The SMILES string of the molecule is CCNc1nc(C)cc(Cc2ccnc3ccccc23)n1. The van der Waals surface area contributed by atoms with Crippen LogP contribution in [-0.2, 0) is 6.42 Å². The number of pyridine rings is 1. The van der Waals surface area contributed by atoms with Crippen LogP contribution in [0.3, 0.4) is 0 Å². The Labute approximate surface area is 124 Å². The Morgan fingerprint density at radius 3 is 2.81 bits per heavy atom. The van der Waals surface area contributed by atoms with Crippen LogP contribution in [0.2, 0.25) is 0 Å². The fraction of sp³-hybridized carbons (Fsp3) is 0.235. The second-order valence-electron chi connectivity index (χ2n) is 5.02. The molecule has 0 unspecified atom stereocenters. The normalized spacial score (nSPS) is 10.8. The minimum Gasteiger partial charge on any atom is -0.354 e. The summed E-state index contributed by atoms with van der Waals surface area (Å²) in [6, 6.07) is 12.3. The molecular formula is C17H18N4. The van der Waals surface area contributed by atoms with Crippen LogP contribution in [0.25, 0.3) is 10.9 Å². The molecule has 0 spiro atoms. The number of fused-ring (bicyclic) bond motifs is 1. The molecule has 3 aromatic rings. The van der Waals surface area contributed by atoms with Gasteiger partial charge in [0.15, 0.2) is 0 Å². The van der Waals surface area contributed by atoms with Crippen molar-refractivity contribution in [2.75, 3.05) is 11.9 Å². The zero-order valence-corrected chi connectivity index (χ0v) is 12.3. The number of hydrogen-bond acceptors (Lipinski definition) is 4. The number of para-hydroxylation sites is 1. The maximum atomic E-state index is 4.58. The minimum atomic E-state index is 0.700. The highest BCUT2D eigenvalue weighted by molar-refractivity contribution is 5.82. The second-order valence-corrected chi connectivity index (χ2v) is 5.02. The Morgan fingerprint density at radius 2 is 1.95 bits per heavy atom. The third-order valence-corrected chi connectivity index (χ3v) is 3.35. The van der Waals surface area contributed by atoms with E-state index in [0.29, 0.717) is 5.95 Å². The summed E-state index contributed by atoms with van der Waals surface area (Å²) in [6.45, 7) is 4.86.